The molecule has 0 bridgehead atoms. The van der Waals surface area contributed by atoms with Crippen molar-refractivity contribution >= 4 is 0 Å². The predicted octanol–water partition coefficient (Wildman–Crippen LogP) is 4.85. The number of hydrogen-bond donors (Lipinski definition) is 0. The number of ether oxygens (including phenoxy) is 1. The smallest absolute Gasteiger partial charge is 0.119 e. The van der Waals surface area contributed by atoms with Crippen LogP contribution in [0.1, 0.15) is 36.9 Å². The minimum atomic E-state index is 0.353. The molecule has 0 fully saturated rings. The molecule has 0 radical (unpaired) electrons. The Morgan fingerprint density at radius 3 is 2.48 bits per heavy atom. The highest BCUT2D eigenvalue weighted by molar-refractivity contribution is 5.27. The summed E-state index contributed by atoms with van der Waals surface area (Å²) in [5.74, 6) is 0.902. The average Bonchev–Trinajstić information content (AvgIpc) is 3.14. The van der Waals surface area contributed by atoms with Gasteiger partial charge in [-0.3, -0.25) is 0 Å². The van der Waals surface area contributed by atoms with Gasteiger partial charge in [0.1, 0.15) is 12.4 Å². The molecule has 3 heteroatoms. The molecule has 0 saturated heterocycles. The maximum atomic E-state index is 5.80. The quantitative estimate of drug-likeness (QED) is 0.624. The number of nitrogens with zero attached hydrogens (tertiary/aromatic N) is 2. The highest BCUT2D eigenvalue weighted by Gasteiger charge is 2.12. The largest absolute Gasteiger partial charge is 0.489 e. The molecule has 3 rings (SSSR count). The predicted molar refractivity (Wildman–Crippen MR) is 92.5 cm³/mol. The zero-order chi connectivity index (χ0) is 15.9. The molecule has 1 unspecified atom stereocenters. The minimum absolute atomic E-state index is 0.353. The topological polar surface area (TPSA) is 27.1 Å². The van der Waals surface area contributed by atoms with Gasteiger partial charge in [0.05, 0.1) is 12.4 Å². The molecule has 0 aliphatic carbocycles. The Morgan fingerprint density at radius 1 is 1.04 bits per heavy atom. The average molecular weight is 306 g/mol. The van der Waals surface area contributed by atoms with Crippen molar-refractivity contribution in [3.8, 4) is 5.75 Å². The third-order valence-electron chi connectivity index (χ3n) is 3.96. The van der Waals surface area contributed by atoms with Crippen molar-refractivity contribution in [2.24, 2.45) is 0 Å². The first kappa shape index (κ1) is 15.3. The van der Waals surface area contributed by atoms with E-state index in [1.165, 1.54) is 11.1 Å². The van der Waals surface area contributed by atoms with Crippen molar-refractivity contribution in [3.05, 3.63) is 84.4 Å². The summed E-state index contributed by atoms with van der Waals surface area (Å²) >= 11 is 0. The molecule has 1 heterocycles. The van der Waals surface area contributed by atoms with Crippen molar-refractivity contribution in [1.29, 1.82) is 0 Å². The SMILES string of the molecule is CCCC(c1ccc(COc2ccccc2)cc1)n1ccnc1. The van der Waals surface area contributed by atoms with Crippen LogP contribution >= 0.6 is 0 Å². The number of rotatable bonds is 7. The lowest BCUT2D eigenvalue weighted by atomic mass is 10.0. The third-order valence-corrected chi connectivity index (χ3v) is 3.96. The van der Waals surface area contributed by atoms with E-state index in [0.717, 1.165) is 18.6 Å². The van der Waals surface area contributed by atoms with Crippen LogP contribution in [0.4, 0.5) is 0 Å². The summed E-state index contributed by atoms with van der Waals surface area (Å²) < 4.78 is 7.98. The molecule has 118 valence electrons. The Hall–Kier alpha value is -2.55. The van der Waals surface area contributed by atoms with E-state index in [0.29, 0.717) is 12.6 Å². The van der Waals surface area contributed by atoms with E-state index in [2.05, 4.69) is 40.7 Å². The van der Waals surface area contributed by atoms with Gasteiger partial charge in [-0.25, -0.2) is 4.98 Å². The first-order valence-corrected chi connectivity index (χ1v) is 8.11. The Morgan fingerprint density at radius 2 is 1.83 bits per heavy atom. The fraction of sp³-hybridized carbons (Fsp3) is 0.250. The van der Waals surface area contributed by atoms with Gasteiger partial charge in [0.25, 0.3) is 0 Å². The summed E-state index contributed by atoms with van der Waals surface area (Å²) in [5, 5.41) is 0. The standard InChI is InChI=1S/C20H22N2O/c1-2-6-20(22-14-13-21-16-22)18-11-9-17(10-12-18)15-23-19-7-4-3-5-8-19/h3-5,7-14,16,20H,2,6,15H2,1H3. The molecular formula is C20H22N2O. The summed E-state index contributed by atoms with van der Waals surface area (Å²) in [6, 6.07) is 19.0. The lowest BCUT2D eigenvalue weighted by Gasteiger charge is -2.18. The summed E-state index contributed by atoms with van der Waals surface area (Å²) in [6.07, 6.45) is 8.02. The van der Waals surface area contributed by atoms with Crippen LogP contribution in [0, 0.1) is 0 Å². The molecule has 0 aliphatic rings. The highest BCUT2D eigenvalue weighted by atomic mass is 16.5. The lowest BCUT2D eigenvalue weighted by molar-refractivity contribution is 0.306. The van der Waals surface area contributed by atoms with Gasteiger partial charge in [0.15, 0.2) is 0 Å². The second-order valence-corrected chi connectivity index (χ2v) is 5.66. The molecule has 3 nitrogen and oxygen atoms in total. The Labute approximate surface area is 137 Å². The van der Waals surface area contributed by atoms with Gasteiger partial charge < -0.3 is 9.30 Å². The second-order valence-electron chi connectivity index (χ2n) is 5.66. The van der Waals surface area contributed by atoms with E-state index in [9.17, 15) is 0 Å². The fourth-order valence-corrected chi connectivity index (χ4v) is 2.73. The van der Waals surface area contributed by atoms with Crippen molar-refractivity contribution in [2.45, 2.75) is 32.4 Å². The zero-order valence-corrected chi connectivity index (χ0v) is 13.4. The number of imidazole rings is 1. The molecule has 0 amide bonds. The summed E-state index contributed by atoms with van der Waals surface area (Å²) in [4.78, 5) is 4.17. The molecule has 1 atom stereocenters. The van der Waals surface area contributed by atoms with Crippen molar-refractivity contribution in [3.63, 3.8) is 0 Å². The molecule has 1 aromatic heterocycles. The van der Waals surface area contributed by atoms with Crippen LogP contribution in [0.15, 0.2) is 73.3 Å². The number of benzene rings is 2. The number of para-hydroxylation sites is 1. The van der Waals surface area contributed by atoms with Gasteiger partial charge in [-0.1, -0.05) is 55.8 Å². The minimum Gasteiger partial charge on any atom is -0.489 e. The van der Waals surface area contributed by atoms with Gasteiger partial charge in [0, 0.05) is 12.4 Å². The molecule has 0 N–H and O–H groups in total. The van der Waals surface area contributed by atoms with Gasteiger partial charge in [-0.2, -0.15) is 0 Å². The van der Waals surface area contributed by atoms with Gasteiger partial charge in [-0.05, 0) is 29.7 Å². The first-order valence-electron chi connectivity index (χ1n) is 8.11. The van der Waals surface area contributed by atoms with Gasteiger partial charge in [0.2, 0.25) is 0 Å². The lowest BCUT2D eigenvalue weighted by Crippen LogP contribution is -2.08. The summed E-state index contributed by atoms with van der Waals surface area (Å²) in [6.45, 7) is 2.81. The van der Waals surface area contributed by atoms with Crippen LogP contribution in [0.5, 0.6) is 5.75 Å². The normalized spacial score (nSPS) is 12.0. The second kappa shape index (κ2) is 7.63. The van der Waals surface area contributed by atoms with E-state index < -0.39 is 0 Å². The third kappa shape index (κ3) is 4.01. The van der Waals surface area contributed by atoms with Crippen LogP contribution < -0.4 is 4.74 Å². The molecular weight excluding hydrogens is 284 g/mol. The molecule has 3 aromatic rings. The molecule has 2 aromatic carbocycles. The monoisotopic (exact) mass is 306 g/mol. The Kier molecular flexibility index (Phi) is 5.09. The van der Waals surface area contributed by atoms with Crippen molar-refractivity contribution in [2.75, 3.05) is 0 Å². The maximum absolute atomic E-state index is 5.80. The van der Waals surface area contributed by atoms with Crippen LogP contribution in [0.25, 0.3) is 0 Å². The van der Waals surface area contributed by atoms with Crippen LogP contribution in [0.3, 0.4) is 0 Å². The molecule has 0 saturated carbocycles. The van der Waals surface area contributed by atoms with Crippen LogP contribution in [0.2, 0.25) is 0 Å². The Bertz CT molecular complexity index is 690. The summed E-state index contributed by atoms with van der Waals surface area (Å²) in [5.41, 5.74) is 2.49. The zero-order valence-electron chi connectivity index (χ0n) is 13.4. The van der Waals surface area contributed by atoms with E-state index in [4.69, 9.17) is 4.74 Å². The van der Waals surface area contributed by atoms with E-state index in [1.54, 1.807) is 0 Å². The summed E-state index contributed by atoms with van der Waals surface area (Å²) in [7, 11) is 0. The van der Waals surface area contributed by atoms with Crippen LogP contribution in [-0.4, -0.2) is 9.55 Å². The maximum Gasteiger partial charge on any atom is 0.119 e. The van der Waals surface area contributed by atoms with Gasteiger partial charge in [-0.15, -0.1) is 0 Å². The Balaban J connectivity index is 1.68. The van der Waals surface area contributed by atoms with Crippen molar-refractivity contribution < 1.29 is 4.74 Å². The van der Waals surface area contributed by atoms with E-state index in [-0.39, 0.29) is 0 Å². The highest BCUT2D eigenvalue weighted by Crippen LogP contribution is 2.24. The van der Waals surface area contributed by atoms with Crippen molar-refractivity contribution in [1.82, 2.24) is 9.55 Å². The number of hydrogen-bond acceptors (Lipinski definition) is 2. The first-order chi connectivity index (χ1) is 11.4. The van der Waals surface area contributed by atoms with E-state index in [1.807, 2.05) is 49.1 Å². The van der Waals surface area contributed by atoms with Gasteiger partial charge >= 0.3 is 0 Å². The van der Waals surface area contributed by atoms with Crippen LogP contribution in [-0.2, 0) is 6.61 Å². The molecule has 0 aliphatic heterocycles. The number of aromatic nitrogens is 2. The van der Waals surface area contributed by atoms with E-state index >= 15 is 0 Å². The molecule has 0 spiro atoms. The fourth-order valence-electron chi connectivity index (χ4n) is 2.73. The molecule has 23 heavy (non-hydrogen) atoms.